The summed E-state index contributed by atoms with van der Waals surface area (Å²) in [4.78, 5) is 0. The normalized spacial score (nSPS) is 16.7. The molecule has 0 aromatic carbocycles. The summed E-state index contributed by atoms with van der Waals surface area (Å²) in [6.07, 6.45) is -1.81. The summed E-state index contributed by atoms with van der Waals surface area (Å²) in [6.45, 7) is 0. The molecule has 0 rings (SSSR count). The van der Waals surface area contributed by atoms with Gasteiger partial charge in [-0.25, -0.2) is 0 Å². The van der Waals surface area contributed by atoms with Gasteiger partial charge >= 0.3 is 0 Å². The summed E-state index contributed by atoms with van der Waals surface area (Å²) < 4.78 is 0. The van der Waals surface area contributed by atoms with Crippen LogP contribution in [0.15, 0.2) is 0 Å². The molecule has 1 atom stereocenters. The molecule has 0 aliphatic heterocycles. The Morgan fingerprint density at radius 1 is 1.43 bits per heavy atom. The number of nitrogens with two attached hydrogens (primary N) is 2. The minimum absolute atomic E-state index is 1.81. The first-order valence-corrected chi connectivity index (χ1v) is 1.62. The van der Waals surface area contributed by atoms with Crippen LogP contribution in [0.1, 0.15) is 0 Å². The van der Waals surface area contributed by atoms with Gasteiger partial charge in [-0.1, -0.05) is 0 Å². The third-order valence-corrected chi connectivity index (χ3v) is 0.435. The number of hydrogen-bond acceptors (Lipinski definition) is 5. The van der Waals surface area contributed by atoms with Crippen molar-refractivity contribution in [2.75, 3.05) is 0 Å². The van der Waals surface area contributed by atoms with Gasteiger partial charge in [-0.3, -0.25) is 5.73 Å². The first-order chi connectivity index (χ1) is 2.94. The molecule has 0 saturated heterocycles. The summed E-state index contributed by atoms with van der Waals surface area (Å²) in [5.41, 5.74) is 8.91. The second-order valence-electron chi connectivity index (χ2n) is 1.23. The van der Waals surface area contributed by atoms with E-state index in [4.69, 9.17) is 15.3 Å². The molecule has 5 nitrogen and oxygen atoms in total. The Morgan fingerprint density at radius 2 is 1.57 bits per heavy atom. The minimum atomic E-state index is -2.67. The van der Waals surface area contributed by atoms with Gasteiger partial charge in [0.25, 0.3) is 5.91 Å². The third kappa shape index (κ3) is 2.49. The molecule has 44 valence electrons. The number of hydrogen-bond donors (Lipinski definition) is 5. The first kappa shape index (κ1) is 6.80. The Labute approximate surface area is 40.2 Å². The molecule has 7 heavy (non-hydrogen) atoms. The van der Waals surface area contributed by atoms with Crippen molar-refractivity contribution >= 4 is 0 Å². The number of aliphatic hydroxyl groups is 3. The number of aliphatic hydroxyl groups excluding tert-OH is 1. The molecule has 0 aliphatic rings. The van der Waals surface area contributed by atoms with Crippen LogP contribution in [-0.2, 0) is 0 Å². The SMILES string of the molecule is NC(O)C(N)(O)O. The zero-order valence-corrected chi connectivity index (χ0v) is 3.57. The van der Waals surface area contributed by atoms with Gasteiger partial charge in [-0.2, -0.15) is 0 Å². The molecule has 0 amide bonds. The van der Waals surface area contributed by atoms with E-state index in [2.05, 4.69) is 11.5 Å². The Kier molecular flexibility index (Phi) is 1.68. The van der Waals surface area contributed by atoms with Crippen LogP contribution in [0.3, 0.4) is 0 Å². The van der Waals surface area contributed by atoms with Gasteiger partial charge in [0, 0.05) is 0 Å². The highest BCUT2D eigenvalue weighted by Gasteiger charge is 2.23. The summed E-state index contributed by atoms with van der Waals surface area (Å²) in [7, 11) is 0. The van der Waals surface area contributed by atoms with Gasteiger partial charge in [-0.15, -0.1) is 0 Å². The van der Waals surface area contributed by atoms with E-state index in [1.165, 1.54) is 0 Å². The van der Waals surface area contributed by atoms with E-state index in [0.717, 1.165) is 0 Å². The van der Waals surface area contributed by atoms with Crippen LogP contribution in [0.4, 0.5) is 0 Å². The van der Waals surface area contributed by atoms with Gasteiger partial charge in [0.1, 0.15) is 0 Å². The van der Waals surface area contributed by atoms with Crippen molar-refractivity contribution in [1.82, 2.24) is 0 Å². The summed E-state index contributed by atoms with van der Waals surface area (Å²) in [5, 5.41) is 24.1. The molecule has 5 heteroatoms. The molecule has 0 aromatic heterocycles. The maximum atomic E-state index is 8.05. The Morgan fingerprint density at radius 3 is 1.57 bits per heavy atom. The molecule has 7 N–H and O–H groups in total. The molecule has 0 aliphatic carbocycles. The highest BCUT2D eigenvalue weighted by atomic mass is 16.5. The molecule has 1 unspecified atom stereocenters. The van der Waals surface area contributed by atoms with E-state index >= 15 is 0 Å². The van der Waals surface area contributed by atoms with Crippen LogP contribution in [0, 0.1) is 0 Å². The monoisotopic (exact) mass is 108 g/mol. The largest absolute Gasteiger partial charge is 0.372 e. The first-order valence-electron chi connectivity index (χ1n) is 1.62. The van der Waals surface area contributed by atoms with E-state index in [1.807, 2.05) is 0 Å². The molecule has 0 spiro atoms. The molecular weight excluding hydrogens is 100 g/mol. The highest BCUT2D eigenvalue weighted by molar-refractivity contribution is 4.57. The van der Waals surface area contributed by atoms with E-state index < -0.39 is 12.1 Å². The van der Waals surface area contributed by atoms with Crippen LogP contribution in [-0.4, -0.2) is 27.5 Å². The van der Waals surface area contributed by atoms with Crippen LogP contribution in [0.5, 0.6) is 0 Å². The van der Waals surface area contributed by atoms with Gasteiger partial charge in [0.2, 0.25) is 0 Å². The smallest absolute Gasteiger partial charge is 0.261 e. The number of rotatable bonds is 1. The van der Waals surface area contributed by atoms with Crippen molar-refractivity contribution in [3.8, 4) is 0 Å². The maximum Gasteiger partial charge on any atom is 0.261 e. The molecule has 0 fully saturated rings. The van der Waals surface area contributed by atoms with E-state index in [-0.39, 0.29) is 0 Å². The van der Waals surface area contributed by atoms with Crippen LogP contribution >= 0.6 is 0 Å². The third-order valence-electron chi connectivity index (χ3n) is 0.435. The zero-order valence-electron chi connectivity index (χ0n) is 3.57. The fraction of sp³-hybridized carbons (Fsp3) is 1.00. The molecule has 0 radical (unpaired) electrons. The summed E-state index contributed by atoms with van der Waals surface area (Å²) in [5.74, 6) is -2.67. The minimum Gasteiger partial charge on any atom is -0.372 e. The second-order valence-corrected chi connectivity index (χ2v) is 1.23. The highest BCUT2D eigenvalue weighted by Crippen LogP contribution is 1.87. The lowest BCUT2D eigenvalue weighted by Crippen LogP contribution is -2.55. The molecular formula is C2H8N2O3. The standard InChI is InChI=1S/C2H8N2O3/c3-1(5)2(4,6)7/h1,5-7H,3-4H2. The van der Waals surface area contributed by atoms with Crippen molar-refractivity contribution in [3.05, 3.63) is 0 Å². The molecule has 0 bridgehead atoms. The molecule has 0 heterocycles. The van der Waals surface area contributed by atoms with Gasteiger partial charge in [0.05, 0.1) is 0 Å². The predicted octanol–water partition coefficient (Wildman–Crippen LogP) is -3.14. The van der Waals surface area contributed by atoms with Crippen LogP contribution in [0.2, 0.25) is 0 Å². The topological polar surface area (TPSA) is 113 Å². The van der Waals surface area contributed by atoms with Gasteiger partial charge in [-0.05, 0) is 0 Å². The van der Waals surface area contributed by atoms with Crippen molar-refractivity contribution in [3.63, 3.8) is 0 Å². The van der Waals surface area contributed by atoms with E-state index in [0.29, 0.717) is 0 Å². The van der Waals surface area contributed by atoms with Crippen LogP contribution < -0.4 is 11.5 Å². The van der Waals surface area contributed by atoms with E-state index in [9.17, 15) is 0 Å². The van der Waals surface area contributed by atoms with Crippen molar-refractivity contribution in [2.45, 2.75) is 12.1 Å². The lowest BCUT2D eigenvalue weighted by molar-refractivity contribution is -0.218. The van der Waals surface area contributed by atoms with Crippen LogP contribution in [0.25, 0.3) is 0 Å². The predicted molar refractivity (Wildman–Crippen MR) is 21.6 cm³/mol. The average Bonchev–Trinajstić information content (AvgIpc) is 1.31. The maximum absolute atomic E-state index is 8.05. The summed E-state index contributed by atoms with van der Waals surface area (Å²) in [6, 6.07) is 0. The fourth-order valence-corrected chi connectivity index (χ4v) is 0. The van der Waals surface area contributed by atoms with Crippen molar-refractivity contribution in [2.24, 2.45) is 11.5 Å². The lowest BCUT2D eigenvalue weighted by atomic mass is 10.5. The van der Waals surface area contributed by atoms with E-state index in [1.54, 1.807) is 0 Å². The Balaban J connectivity index is 3.54. The second kappa shape index (κ2) is 1.73. The average molecular weight is 108 g/mol. The molecule has 0 aromatic rings. The fourth-order valence-electron chi connectivity index (χ4n) is 0. The van der Waals surface area contributed by atoms with Gasteiger partial charge in [0.15, 0.2) is 6.23 Å². The van der Waals surface area contributed by atoms with Crippen molar-refractivity contribution in [1.29, 1.82) is 0 Å². The van der Waals surface area contributed by atoms with Crippen molar-refractivity contribution < 1.29 is 15.3 Å². The summed E-state index contributed by atoms with van der Waals surface area (Å²) >= 11 is 0. The Bertz CT molecular complexity index is 56.4. The lowest BCUT2D eigenvalue weighted by Gasteiger charge is -2.17. The quantitative estimate of drug-likeness (QED) is 0.228. The zero-order chi connectivity index (χ0) is 6.08. The molecule has 0 saturated carbocycles. The Hall–Kier alpha value is -0.200. The van der Waals surface area contributed by atoms with Gasteiger partial charge < -0.3 is 21.1 Å².